The number of nitrogens with zero attached hydrogens (tertiary/aromatic N) is 2. The highest BCUT2D eigenvalue weighted by Crippen LogP contribution is 2.18. The highest BCUT2D eigenvalue weighted by Gasteiger charge is 2.00. The first kappa shape index (κ1) is 12.8. The molecule has 0 aliphatic carbocycles. The number of likely N-dealkylation sites (N-methyl/N-ethyl adjacent to an activating group) is 1. The van der Waals surface area contributed by atoms with Gasteiger partial charge in [-0.2, -0.15) is 0 Å². The summed E-state index contributed by atoms with van der Waals surface area (Å²) in [6, 6.07) is 9.38. The van der Waals surface area contributed by atoms with Gasteiger partial charge >= 0.3 is 0 Å². The van der Waals surface area contributed by atoms with E-state index >= 15 is 0 Å². The fourth-order valence-corrected chi connectivity index (χ4v) is 1.73. The molecule has 1 aromatic carbocycles. The first-order valence-electron chi connectivity index (χ1n) is 5.77. The zero-order chi connectivity index (χ0) is 12.8. The Labute approximate surface area is 111 Å². The van der Waals surface area contributed by atoms with Crippen molar-refractivity contribution in [3.05, 3.63) is 47.4 Å². The molecule has 0 saturated carbocycles. The van der Waals surface area contributed by atoms with E-state index < -0.39 is 0 Å². The second-order valence-corrected chi connectivity index (χ2v) is 4.28. The molecule has 0 atom stereocenters. The second-order valence-electron chi connectivity index (χ2n) is 3.85. The Hall–Kier alpha value is -1.65. The van der Waals surface area contributed by atoms with Gasteiger partial charge in [0, 0.05) is 29.9 Å². The second kappa shape index (κ2) is 6.33. The van der Waals surface area contributed by atoms with Gasteiger partial charge in [-0.05, 0) is 31.3 Å². The molecule has 94 valence electrons. The van der Waals surface area contributed by atoms with Crippen molar-refractivity contribution >= 4 is 23.1 Å². The van der Waals surface area contributed by atoms with Gasteiger partial charge in [0.25, 0.3) is 0 Å². The van der Waals surface area contributed by atoms with Crippen LogP contribution < -0.4 is 10.6 Å². The summed E-state index contributed by atoms with van der Waals surface area (Å²) in [5, 5.41) is 6.98. The zero-order valence-corrected chi connectivity index (χ0v) is 10.9. The molecule has 1 heterocycles. The van der Waals surface area contributed by atoms with Gasteiger partial charge in [0.15, 0.2) is 0 Å². The average molecular weight is 263 g/mol. The SMILES string of the molecule is CNCCc1nccc(Nc2cccc(Cl)c2)n1. The lowest BCUT2D eigenvalue weighted by molar-refractivity contribution is 0.756. The van der Waals surface area contributed by atoms with Gasteiger partial charge in [0.1, 0.15) is 11.6 Å². The molecule has 2 N–H and O–H groups in total. The first-order valence-corrected chi connectivity index (χ1v) is 6.15. The molecule has 2 rings (SSSR count). The fourth-order valence-electron chi connectivity index (χ4n) is 1.54. The van der Waals surface area contributed by atoms with Crippen LogP contribution in [-0.2, 0) is 6.42 Å². The monoisotopic (exact) mass is 262 g/mol. The average Bonchev–Trinajstić information content (AvgIpc) is 2.37. The summed E-state index contributed by atoms with van der Waals surface area (Å²) in [6.45, 7) is 0.862. The van der Waals surface area contributed by atoms with Crippen LogP contribution in [-0.4, -0.2) is 23.6 Å². The van der Waals surface area contributed by atoms with E-state index in [1.54, 1.807) is 6.20 Å². The van der Waals surface area contributed by atoms with Crippen molar-refractivity contribution in [2.45, 2.75) is 6.42 Å². The number of aromatic nitrogens is 2. The van der Waals surface area contributed by atoms with Crippen molar-refractivity contribution in [2.75, 3.05) is 18.9 Å². The van der Waals surface area contributed by atoms with Gasteiger partial charge < -0.3 is 10.6 Å². The molecule has 0 spiro atoms. The number of nitrogens with one attached hydrogen (secondary N) is 2. The van der Waals surface area contributed by atoms with Gasteiger partial charge in [-0.25, -0.2) is 9.97 Å². The van der Waals surface area contributed by atoms with Crippen molar-refractivity contribution in [1.29, 1.82) is 0 Å². The summed E-state index contributed by atoms with van der Waals surface area (Å²) in [4.78, 5) is 8.65. The Morgan fingerprint density at radius 2 is 2.17 bits per heavy atom. The summed E-state index contributed by atoms with van der Waals surface area (Å²) < 4.78 is 0. The quantitative estimate of drug-likeness (QED) is 0.870. The molecule has 0 aliphatic rings. The van der Waals surface area contributed by atoms with E-state index in [0.717, 1.165) is 30.3 Å². The molecule has 0 saturated heterocycles. The molecule has 0 amide bonds. The summed E-state index contributed by atoms with van der Waals surface area (Å²) in [5.74, 6) is 1.59. The van der Waals surface area contributed by atoms with Crippen molar-refractivity contribution in [3.8, 4) is 0 Å². The Balaban J connectivity index is 2.09. The van der Waals surface area contributed by atoms with E-state index in [-0.39, 0.29) is 0 Å². The minimum atomic E-state index is 0.699. The van der Waals surface area contributed by atoms with Crippen LogP contribution >= 0.6 is 11.6 Å². The van der Waals surface area contributed by atoms with E-state index in [0.29, 0.717) is 5.02 Å². The van der Waals surface area contributed by atoms with E-state index in [2.05, 4.69) is 20.6 Å². The highest BCUT2D eigenvalue weighted by atomic mass is 35.5. The minimum Gasteiger partial charge on any atom is -0.340 e. The van der Waals surface area contributed by atoms with Crippen LogP contribution in [0, 0.1) is 0 Å². The molecule has 0 bridgehead atoms. The summed E-state index contributed by atoms with van der Waals surface area (Å²) in [6.07, 6.45) is 2.56. The lowest BCUT2D eigenvalue weighted by Gasteiger charge is -2.07. The molecule has 2 aromatic rings. The van der Waals surface area contributed by atoms with Crippen LogP contribution in [0.3, 0.4) is 0 Å². The van der Waals surface area contributed by atoms with Crippen LogP contribution in [0.5, 0.6) is 0 Å². The van der Waals surface area contributed by atoms with Crippen molar-refractivity contribution in [1.82, 2.24) is 15.3 Å². The third-order valence-electron chi connectivity index (χ3n) is 2.40. The smallest absolute Gasteiger partial charge is 0.134 e. The number of rotatable bonds is 5. The molecule has 0 radical (unpaired) electrons. The summed E-state index contributed by atoms with van der Waals surface area (Å²) >= 11 is 5.93. The molecule has 5 heteroatoms. The number of halogens is 1. The molecule has 1 aromatic heterocycles. The summed E-state index contributed by atoms with van der Waals surface area (Å²) in [5.41, 5.74) is 0.917. The molecule has 0 fully saturated rings. The Morgan fingerprint density at radius 3 is 2.94 bits per heavy atom. The number of hydrogen-bond acceptors (Lipinski definition) is 4. The molecular weight excluding hydrogens is 248 g/mol. The maximum absolute atomic E-state index is 5.93. The zero-order valence-electron chi connectivity index (χ0n) is 10.2. The van der Waals surface area contributed by atoms with Crippen LogP contribution in [0.2, 0.25) is 5.02 Å². The third-order valence-corrected chi connectivity index (χ3v) is 2.64. The van der Waals surface area contributed by atoms with E-state index in [4.69, 9.17) is 11.6 Å². The maximum atomic E-state index is 5.93. The molecule has 0 aliphatic heterocycles. The topological polar surface area (TPSA) is 49.8 Å². The predicted octanol–water partition coefficient (Wildman–Crippen LogP) is 2.64. The Kier molecular flexibility index (Phi) is 4.50. The molecule has 18 heavy (non-hydrogen) atoms. The third kappa shape index (κ3) is 3.68. The van der Waals surface area contributed by atoms with Crippen molar-refractivity contribution in [2.24, 2.45) is 0 Å². The lowest BCUT2D eigenvalue weighted by atomic mass is 10.3. The molecule has 0 unspecified atom stereocenters. The molecular formula is C13H15ClN4. The maximum Gasteiger partial charge on any atom is 0.134 e. The molecule has 4 nitrogen and oxygen atoms in total. The predicted molar refractivity (Wildman–Crippen MR) is 74.4 cm³/mol. The Bertz CT molecular complexity index is 516. The van der Waals surface area contributed by atoms with Crippen molar-refractivity contribution in [3.63, 3.8) is 0 Å². The van der Waals surface area contributed by atoms with Crippen LogP contribution in [0.25, 0.3) is 0 Å². The number of hydrogen-bond donors (Lipinski definition) is 2. The normalized spacial score (nSPS) is 10.3. The van der Waals surface area contributed by atoms with E-state index in [1.807, 2.05) is 37.4 Å². The summed E-state index contributed by atoms with van der Waals surface area (Å²) in [7, 11) is 1.91. The van der Waals surface area contributed by atoms with Crippen LogP contribution in [0.4, 0.5) is 11.5 Å². The van der Waals surface area contributed by atoms with E-state index in [1.165, 1.54) is 0 Å². The van der Waals surface area contributed by atoms with Crippen molar-refractivity contribution < 1.29 is 0 Å². The largest absolute Gasteiger partial charge is 0.340 e. The standard InChI is InChI=1S/C13H15ClN4/c1-15-7-5-12-16-8-6-13(18-12)17-11-4-2-3-10(14)9-11/h2-4,6,8-9,15H,5,7H2,1H3,(H,16,17,18). The van der Waals surface area contributed by atoms with Crippen LogP contribution in [0.1, 0.15) is 5.82 Å². The minimum absolute atomic E-state index is 0.699. The highest BCUT2D eigenvalue weighted by molar-refractivity contribution is 6.30. The van der Waals surface area contributed by atoms with Gasteiger partial charge in [-0.3, -0.25) is 0 Å². The van der Waals surface area contributed by atoms with E-state index in [9.17, 15) is 0 Å². The van der Waals surface area contributed by atoms with Gasteiger partial charge in [0.2, 0.25) is 0 Å². The lowest BCUT2D eigenvalue weighted by Crippen LogP contribution is -2.12. The van der Waals surface area contributed by atoms with Gasteiger partial charge in [-0.1, -0.05) is 17.7 Å². The van der Waals surface area contributed by atoms with Crippen LogP contribution in [0.15, 0.2) is 36.5 Å². The first-order chi connectivity index (χ1) is 8.78. The Morgan fingerprint density at radius 1 is 1.28 bits per heavy atom. The fraction of sp³-hybridized carbons (Fsp3) is 0.231. The van der Waals surface area contributed by atoms with Gasteiger partial charge in [0.05, 0.1) is 0 Å². The number of benzene rings is 1. The van der Waals surface area contributed by atoms with Gasteiger partial charge in [-0.15, -0.1) is 0 Å². The number of anilines is 2.